The maximum atomic E-state index is 12.0. The number of benzene rings is 1. The van der Waals surface area contributed by atoms with Crippen LogP contribution < -0.4 is 9.64 Å². The molecule has 1 amide bonds. The molecule has 4 nitrogen and oxygen atoms in total. The standard InChI is InChI=1S/C14H16N2O2/c1-3-8-18-10-4-5-13-12(9-10)11(6-7-15)14(17)16(13)2/h4-5,9,11H,3,6,8H2,1-2H3/t11-/m0/s1. The number of carbonyl (C=O) groups excluding carboxylic acids is 1. The fourth-order valence-corrected chi connectivity index (χ4v) is 2.20. The van der Waals surface area contributed by atoms with Gasteiger partial charge in [-0.15, -0.1) is 0 Å². The first-order chi connectivity index (χ1) is 8.69. The summed E-state index contributed by atoms with van der Waals surface area (Å²) < 4.78 is 5.56. The maximum absolute atomic E-state index is 12.0. The fraction of sp³-hybridized carbons (Fsp3) is 0.429. The van der Waals surface area contributed by atoms with Crippen LogP contribution in [0, 0.1) is 11.3 Å². The van der Waals surface area contributed by atoms with Gasteiger partial charge in [0, 0.05) is 12.7 Å². The van der Waals surface area contributed by atoms with E-state index in [2.05, 4.69) is 6.07 Å². The van der Waals surface area contributed by atoms with Crippen LogP contribution in [0.15, 0.2) is 18.2 Å². The Kier molecular flexibility index (Phi) is 3.52. The number of nitrogens with zero attached hydrogens (tertiary/aromatic N) is 2. The molecule has 0 aromatic heterocycles. The van der Waals surface area contributed by atoms with Crippen molar-refractivity contribution in [2.75, 3.05) is 18.6 Å². The van der Waals surface area contributed by atoms with Crippen LogP contribution in [0.3, 0.4) is 0 Å². The molecule has 18 heavy (non-hydrogen) atoms. The van der Waals surface area contributed by atoms with Crippen LogP contribution in [0.2, 0.25) is 0 Å². The summed E-state index contributed by atoms with van der Waals surface area (Å²) in [6.45, 7) is 2.70. The van der Waals surface area contributed by atoms with Gasteiger partial charge in [-0.3, -0.25) is 4.79 Å². The largest absolute Gasteiger partial charge is 0.494 e. The summed E-state index contributed by atoms with van der Waals surface area (Å²) in [6, 6.07) is 7.71. The summed E-state index contributed by atoms with van der Waals surface area (Å²) in [6.07, 6.45) is 1.16. The number of carbonyl (C=O) groups is 1. The van der Waals surface area contributed by atoms with Gasteiger partial charge < -0.3 is 9.64 Å². The Morgan fingerprint density at radius 1 is 1.50 bits per heavy atom. The molecule has 1 aromatic rings. The average molecular weight is 244 g/mol. The molecular weight excluding hydrogens is 228 g/mol. The van der Waals surface area contributed by atoms with Gasteiger partial charge in [0.25, 0.3) is 0 Å². The molecule has 1 aromatic carbocycles. The van der Waals surface area contributed by atoms with Gasteiger partial charge in [0.15, 0.2) is 0 Å². The zero-order valence-electron chi connectivity index (χ0n) is 10.6. The third-order valence-electron chi connectivity index (χ3n) is 3.13. The SMILES string of the molecule is CCCOc1ccc2c(c1)[C@H](CC#N)C(=O)N2C. The van der Waals surface area contributed by atoms with E-state index in [0.717, 1.165) is 23.4 Å². The molecular formula is C14H16N2O2. The van der Waals surface area contributed by atoms with Gasteiger partial charge in [-0.1, -0.05) is 6.92 Å². The molecule has 0 N–H and O–H groups in total. The van der Waals surface area contributed by atoms with E-state index in [9.17, 15) is 4.79 Å². The molecule has 0 radical (unpaired) electrons. The molecule has 0 fully saturated rings. The summed E-state index contributed by atoms with van der Waals surface area (Å²) in [5.41, 5.74) is 1.78. The second-order valence-corrected chi connectivity index (χ2v) is 4.38. The molecule has 1 atom stereocenters. The molecule has 0 saturated carbocycles. The number of likely N-dealkylation sites (N-methyl/N-ethyl adjacent to an activating group) is 1. The van der Waals surface area contributed by atoms with Crippen molar-refractivity contribution in [1.82, 2.24) is 0 Å². The third kappa shape index (κ3) is 2.04. The Bertz CT molecular complexity index is 505. The van der Waals surface area contributed by atoms with Crippen molar-refractivity contribution in [3.63, 3.8) is 0 Å². The average Bonchev–Trinajstić information content (AvgIpc) is 2.62. The van der Waals surface area contributed by atoms with Crippen LogP contribution in [0.25, 0.3) is 0 Å². The fourth-order valence-electron chi connectivity index (χ4n) is 2.20. The van der Waals surface area contributed by atoms with E-state index in [-0.39, 0.29) is 18.2 Å². The van der Waals surface area contributed by atoms with E-state index in [0.29, 0.717) is 6.61 Å². The molecule has 1 heterocycles. The monoisotopic (exact) mass is 244 g/mol. The molecule has 2 rings (SSSR count). The van der Waals surface area contributed by atoms with Crippen molar-refractivity contribution in [3.8, 4) is 11.8 Å². The molecule has 1 aliphatic heterocycles. The normalized spacial score (nSPS) is 17.5. The number of fused-ring (bicyclic) bond motifs is 1. The van der Waals surface area contributed by atoms with Gasteiger partial charge in [-0.25, -0.2) is 0 Å². The highest BCUT2D eigenvalue weighted by Gasteiger charge is 2.35. The predicted octanol–water partition coefficient (Wildman–Crippen LogP) is 2.45. The quantitative estimate of drug-likeness (QED) is 0.817. The Labute approximate surface area is 107 Å². The number of amides is 1. The number of ether oxygens (including phenoxy) is 1. The lowest BCUT2D eigenvalue weighted by atomic mass is 9.98. The van der Waals surface area contributed by atoms with Gasteiger partial charge in [0.05, 0.1) is 25.0 Å². The Balaban J connectivity index is 2.33. The third-order valence-corrected chi connectivity index (χ3v) is 3.13. The highest BCUT2D eigenvalue weighted by molar-refractivity contribution is 6.04. The zero-order chi connectivity index (χ0) is 13.1. The zero-order valence-corrected chi connectivity index (χ0v) is 10.6. The minimum absolute atomic E-state index is 0.0146. The van der Waals surface area contributed by atoms with Crippen molar-refractivity contribution in [1.29, 1.82) is 5.26 Å². The molecule has 0 bridgehead atoms. The second-order valence-electron chi connectivity index (χ2n) is 4.38. The number of hydrogen-bond acceptors (Lipinski definition) is 3. The Morgan fingerprint density at radius 3 is 2.94 bits per heavy atom. The number of anilines is 1. The van der Waals surface area contributed by atoms with Crippen LogP contribution in [0.1, 0.15) is 31.2 Å². The summed E-state index contributed by atoms with van der Waals surface area (Å²) in [4.78, 5) is 13.6. The lowest BCUT2D eigenvalue weighted by Crippen LogP contribution is -2.23. The number of nitriles is 1. The number of hydrogen-bond donors (Lipinski definition) is 0. The van der Waals surface area contributed by atoms with Gasteiger partial charge in [-0.2, -0.15) is 5.26 Å². The van der Waals surface area contributed by atoms with Crippen molar-refractivity contribution < 1.29 is 9.53 Å². The van der Waals surface area contributed by atoms with E-state index < -0.39 is 0 Å². The van der Waals surface area contributed by atoms with E-state index in [4.69, 9.17) is 10.00 Å². The van der Waals surface area contributed by atoms with Crippen molar-refractivity contribution in [2.45, 2.75) is 25.7 Å². The van der Waals surface area contributed by atoms with Gasteiger partial charge >= 0.3 is 0 Å². The van der Waals surface area contributed by atoms with E-state index >= 15 is 0 Å². The van der Waals surface area contributed by atoms with Crippen LogP contribution in [0.5, 0.6) is 5.75 Å². The lowest BCUT2D eigenvalue weighted by Gasteiger charge is -2.10. The van der Waals surface area contributed by atoms with Crippen LogP contribution in [-0.4, -0.2) is 19.6 Å². The minimum Gasteiger partial charge on any atom is -0.494 e. The van der Waals surface area contributed by atoms with Crippen LogP contribution >= 0.6 is 0 Å². The Morgan fingerprint density at radius 2 is 2.28 bits per heavy atom. The first kappa shape index (κ1) is 12.4. The van der Waals surface area contributed by atoms with E-state index in [1.165, 1.54) is 0 Å². The van der Waals surface area contributed by atoms with Crippen molar-refractivity contribution >= 4 is 11.6 Å². The van der Waals surface area contributed by atoms with Crippen LogP contribution in [0.4, 0.5) is 5.69 Å². The van der Waals surface area contributed by atoms with Gasteiger partial charge in [-0.05, 0) is 30.2 Å². The smallest absolute Gasteiger partial charge is 0.235 e. The highest BCUT2D eigenvalue weighted by Crippen LogP contribution is 2.40. The molecule has 0 unspecified atom stereocenters. The van der Waals surface area contributed by atoms with Gasteiger partial charge in [0.1, 0.15) is 5.75 Å². The Hall–Kier alpha value is -2.02. The van der Waals surface area contributed by atoms with Crippen molar-refractivity contribution in [2.24, 2.45) is 0 Å². The summed E-state index contributed by atoms with van der Waals surface area (Å²) in [5.74, 6) is 0.404. The van der Waals surface area contributed by atoms with E-state index in [1.807, 2.05) is 25.1 Å². The molecule has 1 aliphatic rings. The van der Waals surface area contributed by atoms with Crippen molar-refractivity contribution in [3.05, 3.63) is 23.8 Å². The maximum Gasteiger partial charge on any atom is 0.235 e. The molecule has 0 spiro atoms. The summed E-state index contributed by atoms with van der Waals surface area (Å²) in [7, 11) is 1.74. The van der Waals surface area contributed by atoms with Gasteiger partial charge in [0.2, 0.25) is 5.91 Å². The lowest BCUT2D eigenvalue weighted by molar-refractivity contribution is -0.118. The predicted molar refractivity (Wildman–Crippen MR) is 68.6 cm³/mol. The number of rotatable bonds is 4. The topological polar surface area (TPSA) is 53.3 Å². The first-order valence-electron chi connectivity index (χ1n) is 6.10. The van der Waals surface area contributed by atoms with Crippen LogP contribution in [-0.2, 0) is 4.79 Å². The summed E-state index contributed by atoms with van der Waals surface area (Å²) >= 11 is 0. The first-order valence-corrected chi connectivity index (χ1v) is 6.10. The minimum atomic E-state index is -0.347. The summed E-state index contributed by atoms with van der Waals surface area (Å²) in [5, 5.41) is 8.82. The van der Waals surface area contributed by atoms with E-state index in [1.54, 1.807) is 11.9 Å². The molecule has 94 valence electrons. The molecule has 0 aliphatic carbocycles. The highest BCUT2D eigenvalue weighted by atomic mass is 16.5. The second kappa shape index (κ2) is 5.09. The molecule has 4 heteroatoms. The molecule has 0 saturated heterocycles.